The number of aromatic nitrogens is 3. The van der Waals surface area contributed by atoms with E-state index < -0.39 is 11.9 Å². The minimum Gasteiger partial charge on any atom is -0.187 e. The van der Waals surface area contributed by atoms with E-state index in [4.69, 9.17) is 0 Å². The molecule has 0 saturated carbocycles. The fourth-order valence-corrected chi connectivity index (χ4v) is 0.476. The van der Waals surface area contributed by atoms with Crippen molar-refractivity contribution in [1.29, 1.82) is 0 Å². The fourth-order valence-electron chi connectivity index (χ4n) is 0.476. The van der Waals surface area contributed by atoms with E-state index in [1.807, 2.05) is 0 Å². The summed E-state index contributed by atoms with van der Waals surface area (Å²) in [5.74, 6) is 0. The van der Waals surface area contributed by atoms with Gasteiger partial charge in [0, 0.05) is 7.05 Å². The molecule has 1 heterocycles. The lowest BCUT2D eigenvalue weighted by Gasteiger charge is -1.97. The van der Waals surface area contributed by atoms with E-state index in [1.54, 1.807) is 0 Å². The van der Waals surface area contributed by atoms with Crippen molar-refractivity contribution in [2.75, 3.05) is 0 Å². The van der Waals surface area contributed by atoms with E-state index in [0.717, 1.165) is 4.80 Å². The molecule has 0 aliphatic rings. The Balaban J connectivity index is 2.96. The molecular weight excluding hydrogens is 147 g/mol. The molecule has 0 bridgehead atoms. The van der Waals surface area contributed by atoms with Crippen LogP contribution in [0.5, 0.6) is 0 Å². The second kappa shape index (κ2) is 1.96. The maximum absolute atomic E-state index is 11.7. The number of halogens is 3. The van der Waals surface area contributed by atoms with Crippen LogP contribution in [0, 0.1) is 0 Å². The van der Waals surface area contributed by atoms with Crippen molar-refractivity contribution in [2.24, 2.45) is 7.05 Å². The van der Waals surface area contributed by atoms with Gasteiger partial charge >= 0.3 is 6.18 Å². The quantitative estimate of drug-likeness (QED) is 0.549. The summed E-state index contributed by atoms with van der Waals surface area (Å²) in [5.41, 5.74) is -0.963. The van der Waals surface area contributed by atoms with Crippen molar-refractivity contribution in [1.82, 2.24) is 15.0 Å². The largest absolute Gasteiger partial charge is 0.436 e. The van der Waals surface area contributed by atoms with Gasteiger partial charge in [-0.25, -0.2) is 0 Å². The van der Waals surface area contributed by atoms with Crippen LogP contribution in [0.2, 0.25) is 0 Å². The van der Waals surface area contributed by atoms with Crippen LogP contribution in [0.4, 0.5) is 13.2 Å². The van der Waals surface area contributed by atoms with Crippen molar-refractivity contribution in [3.8, 4) is 0 Å². The van der Waals surface area contributed by atoms with Crippen LogP contribution >= 0.6 is 0 Å². The number of hydrogen-bond donors (Lipinski definition) is 0. The number of alkyl halides is 3. The van der Waals surface area contributed by atoms with E-state index in [-0.39, 0.29) is 0 Å². The normalized spacial score (nSPS) is 12.0. The maximum Gasteiger partial charge on any atom is 0.436 e. The summed E-state index contributed by atoms with van der Waals surface area (Å²) < 4.78 is 35.1. The summed E-state index contributed by atoms with van der Waals surface area (Å²) in [4.78, 5) is 0.864. The highest BCUT2D eigenvalue weighted by Gasteiger charge is 2.33. The first-order chi connectivity index (χ1) is 4.50. The van der Waals surface area contributed by atoms with Gasteiger partial charge in [0.1, 0.15) is 0 Å². The van der Waals surface area contributed by atoms with Gasteiger partial charge in [0.25, 0.3) is 0 Å². The Bertz CT molecular complexity index is 226. The molecule has 0 atom stereocenters. The highest BCUT2D eigenvalue weighted by molar-refractivity contribution is 4.95. The van der Waals surface area contributed by atoms with Crippen molar-refractivity contribution < 1.29 is 13.2 Å². The molecule has 1 aromatic rings. The zero-order valence-electron chi connectivity index (χ0n) is 5.05. The zero-order chi connectivity index (χ0) is 7.78. The van der Waals surface area contributed by atoms with E-state index >= 15 is 0 Å². The van der Waals surface area contributed by atoms with Crippen molar-refractivity contribution in [2.45, 2.75) is 6.18 Å². The Morgan fingerprint density at radius 2 is 2.10 bits per heavy atom. The molecule has 0 unspecified atom stereocenters. The van der Waals surface area contributed by atoms with Crippen LogP contribution in [-0.2, 0) is 13.2 Å². The monoisotopic (exact) mass is 151 g/mol. The first-order valence-corrected chi connectivity index (χ1v) is 2.43. The molecule has 0 aromatic carbocycles. The molecule has 56 valence electrons. The number of rotatable bonds is 0. The van der Waals surface area contributed by atoms with E-state index in [0.29, 0.717) is 6.20 Å². The van der Waals surface area contributed by atoms with Crippen molar-refractivity contribution >= 4 is 0 Å². The van der Waals surface area contributed by atoms with Gasteiger partial charge in [-0.15, -0.1) is 5.10 Å². The zero-order valence-corrected chi connectivity index (χ0v) is 5.05. The third-order valence-electron chi connectivity index (χ3n) is 0.890. The number of aryl methyl sites for hydroxylation is 1. The lowest BCUT2D eigenvalue weighted by Crippen LogP contribution is -2.06. The summed E-state index contributed by atoms with van der Waals surface area (Å²) in [6.07, 6.45) is -3.70. The molecule has 0 fully saturated rings. The van der Waals surface area contributed by atoms with Crippen molar-refractivity contribution in [3.63, 3.8) is 0 Å². The van der Waals surface area contributed by atoms with Crippen LogP contribution in [0.25, 0.3) is 0 Å². The smallest absolute Gasteiger partial charge is 0.187 e. The highest BCUT2D eigenvalue weighted by Crippen LogP contribution is 2.26. The van der Waals surface area contributed by atoms with Crippen LogP contribution < -0.4 is 0 Å². The van der Waals surface area contributed by atoms with Crippen LogP contribution in [0.15, 0.2) is 6.20 Å². The van der Waals surface area contributed by atoms with Crippen molar-refractivity contribution in [3.05, 3.63) is 11.9 Å². The standard InChI is InChI=1S/C4H4F3N3/c1-10-8-2-3(9-10)4(5,6)7/h2H,1H3. The van der Waals surface area contributed by atoms with Gasteiger partial charge in [-0.3, -0.25) is 0 Å². The molecule has 0 N–H and O–H groups in total. The lowest BCUT2D eigenvalue weighted by atomic mass is 10.5. The Morgan fingerprint density at radius 3 is 2.30 bits per heavy atom. The summed E-state index contributed by atoms with van der Waals surface area (Å²) in [5, 5.41) is 6.33. The van der Waals surface area contributed by atoms with Crippen LogP contribution in [0.3, 0.4) is 0 Å². The molecule has 0 aliphatic heterocycles. The first kappa shape index (κ1) is 7.04. The predicted molar refractivity (Wildman–Crippen MR) is 26.0 cm³/mol. The Morgan fingerprint density at radius 1 is 1.50 bits per heavy atom. The molecule has 3 nitrogen and oxygen atoms in total. The minimum atomic E-state index is -4.38. The minimum absolute atomic E-state index is 0.681. The third kappa shape index (κ3) is 1.26. The molecule has 1 rings (SSSR count). The van der Waals surface area contributed by atoms with Gasteiger partial charge < -0.3 is 0 Å². The first-order valence-electron chi connectivity index (χ1n) is 2.43. The molecule has 0 spiro atoms. The molecule has 0 aliphatic carbocycles. The van der Waals surface area contributed by atoms with E-state index in [1.165, 1.54) is 7.05 Å². The summed E-state index contributed by atoms with van der Waals surface area (Å²) in [7, 11) is 1.33. The molecule has 1 aromatic heterocycles. The molecule has 0 radical (unpaired) electrons. The Kier molecular flexibility index (Phi) is 1.38. The van der Waals surface area contributed by atoms with E-state index in [9.17, 15) is 13.2 Å². The van der Waals surface area contributed by atoms with Gasteiger partial charge in [0.15, 0.2) is 5.69 Å². The van der Waals surface area contributed by atoms with Gasteiger partial charge in [-0.2, -0.15) is 23.1 Å². The summed E-state index contributed by atoms with van der Waals surface area (Å²) in [6, 6.07) is 0. The molecular formula is C4H4F3N3. The lowest BCUT2D eigenvalue weighted by molar-refractivity contribution is -0.141. The highest BCUT2D eigenvalue weighted by atomic mass is 19.4. The average Bonchev–Trinajstić information content (AvgIpc) is 2.11. The molecule has 10 heavy (non-hydrogen) atoms. The second-order valence-corrected chi connectivity index (χ2v) is 1.72. The Labute approximate surface area is 54.5 Å². The molecule has 0 saturated heterocycles. The molecule has 0 amide bonds. The van der Waals surface area contributed by atoms with Gasteiger partial charge in [-0.1, -0.05) is 0 Å². The average molecular weight is 151 g/mol. The van der Waals surface area contributed by atoms with Crippen LogP contribution in [0.1, 0.15) is 5.69 Å². The summed E-state index contributed by atoms with van der Waals surface area (Å²) in [6.45, 7) is 0. The Hall–Kier alpha value is -1.07. The van der Waals surface area contributed by atoms with E-state index in [2.05, 4.69) is 10.2 Å². The molecule has 6 heteroatoms. The maximum atomic E-state index is 11.7. The van der Waals surface area contributed by atoms with Crippen LogP contribution in [-0.4, -0.2) is 15.0 Å². The third-order valence-corrected chi connectivity index (χ3v) is 0.890. The predicted octanol–water partition coefficient (Wildman–Crippen LogP) is 0.834. The van der Waals surface area contributed by atoms with Gasteiger partial charge in [-0.05, 0) is 0 Å². The second-order valence-electron chi connectivity index (χ2n) is 1.72. The number of hydrogen-bond acceptors (Lipinski definition) is 2. The fraction of sp³-hybridized carbons (Fsp3) is 0.500. The SMILES string of the molecule is Cn1ncc(C(F)(F)F)n1. The summed E-state index contributed by atoms with van der Waals surface area (Å²) >= 11 is 0. The number of nitrogens with zero attached hydrogens (tertiary/aromatic N) is 3. The van der Waals surface area contributed by atoms with Gasteiger partial charge in [0.05, 0.1) is 6.20 Å². The van der Waals surface area contributed by atoms with Gasteiger partial charge in [0.2, 0.25) is 0 Å². The topological polar surface area (TPSA) is 30.7 Å².